The summed E-state index contributed by atoms with van der Waals surface area (Å²) in [6.07, 6.45) is 0. The van der Waals surface area contributed by atoms with Crippen molar-refractivity contribution < 1.29 is 25.3 Å². The van der Waals surface area contributed by atoms with E-state index in [0.29, 0.717) is 0 Å². The van der Waals surface area contributed by atoms with Crippen molar-refractivity contribution in [3.63, 3.8) is 0 Å². The van der Waals surface area contributed by atoms with Gasteiger partial charge in [-0.25, -0.2) is 25.3 Å². The van der Waals surface area contributed by atoms with Crippen molar-refractivity contribution in [3.8, 4) is 0 Å². The van der Waals surface area contributed by atoms with Gasteiger partial charge in [-0.2, -0.15) is 0 Å². The molecule has 0 aliphatic carbocycles. The third-order valence-electron chi connectivity index (χ3n) is 2.82. The van der Waals surface area contributed by atoms with Crippen molar-refractivity contribution in [3.05, 3.63) is 0 Å². The molecule has 0 N–H and O–H groups in total. The standard InChI is InChI=1S/C7HBr15O6S3/c8-2(9,10)5(17,18)29(23,24)1(30(25,26)6(19,20)3(11,12)13)31(27,28)7(21,22)4(14,15)16/h1H. The summed E-state index contributed by atoms with van der Waals surface area (Å²) in [5, 5.41) is 0. The molecule has 0 rings (SSSR count). The normalized spacial score (nSPS) is 16.6. The van der Waals surface area contributed by atoms with E-state index in [9.17, 15) is 25.3 Å². The van der Waals surface area contributed by atoms with Gasteiger partial charge in [0.1, 0.15) is 0 Å². The lowest BCUT2D eigenvalue weighted by Crippen LogP contribution is -2.58. The van der Waals surface area contributed by atoms with Crippen LogP contribution in [0.2, 0.25) is 0 Å². The lowest BCUT2D eigenvalue weighted by Gasteiger charge is -2.39. The second-order valence-electron chi connectivity index (χ2n) is 4.97. The number of rotatable bonds is 6. The summed E-state index contributed by atoms with van der Waals surface area (Å²) in [5.41, 5.74) is 0. The lowest BCUT2D eigenvalue weighted by molar-refractivity contribution is 0.569. The van der Waals surface area contributed by atoms with Crippen molar-refractivity contribution in [2.24, 2.45) is 0 Å². The molecule has 31 heavy (non-hydrogen) atoms. The van der Waals surface area contributed by atoms with Crippen LogP contribution in [0, 0.1) is 0 Å². The Bertz CT molecular complexity index is 877. The van der Waals surface area contributed by atoms with Gasteiger partial charge in [0.25, 0.3) is 3.91 Å². The molecule has 6 nitrogen and oxygen atoms in total. The molecule has 0 unspecified atom stereocenters. The second kappa shape index (κ2) is 11.7. The van der Waals surface area contributed by atoms with E-state index in [1.807, 2.05) is 0 Å². The molecule has 0 saturated heterocycles. The molecule has 0 aliphatic rings. The molecule has 188 valence electrons. The van der Waals surface area contributed by atoms with Crippen molar-refractivity contribution in [1.82, 2.24) is 0 Å². The average Bonchev–Trinajstić information content (AvgIpc) is 2.41. The topological polar surface area (TPSA) is 102 Å². The zero-order valence-corrected chi connectivity index (χ0v) is 39.2. The monoisotopic (exact) mass is 1460 g/mol. The number of hydrogen-bond acceptors (Lipinski definition) is 6. The Morgan fingerprint density at radius 2 is 0.484 bits per heavy atom. The fraction of sp³-hybridized carbons (Fsp3) is 1.00. The van der Waals surface area contributed by atoms with Crippen LogP contribution in [0.25, 0.3) is 0 Å². The molecular formula is C7HBr15O6S3. The van der Waals surface area contributed by atoms with Gasteiger partial charge < -0.3 is 0 Å². The molecule has 0 saturated carbocycles. The van der Waals surface area contributed by atoms with Gasteiger partial charge in [0.05, 0.1) is 0 Å². The van der Waals surface area contributed by atoms with E-state index in [2.05, 4.69) is 239 Å². The van der Waals surface area contributed by atoms with Crippen LogP contribution >= 0.6 is 239 Å². The summed E-state index contributed by atoms with van der Waals surface area (Å²) in [6, 6.07) is 0. The summed E-state index contributed by atoms with van der Waals surface area (Å²) < 4.78 is 66.6. The SMILES string of the molecule is O=S(=O)(C(S(=O)(=O)C(Br)(Br)C(Br)(Br)Br)S(=O)(=O)C(Br)(Br)C(Br)(Br)Br)C(Br)(Br)C(Br)(Br)Br. The van der Waals surface area contributed by atoms with E-state index in [4.69, 9.17) is 0 Å². The third kappa shape index (κ3) is 7.28. The van der Waals surface area contributed by atoms with E-state index < -0.39 is 47.6 Å². The van der Waals surface area contributed by atoms with Gasteiger partial charge >= 0.3 is 0 Å². The molecular weight excluding hydrogens is 1470 g/mol. The highest BCUT2D eigenvalue weighted by molar-refractivity contribution is 9.43. The second-order valence-corrected chi connectivity index (χ2v) is 46.1. The molecule has 0 bridgehead atoms. The summed E-state index contributed by atoms with van der Waals surface area (Å²) in [4.78, 5) is 0. The largest absolute Gasteiger partial charge is 0.269 e. The van der Waals surface area contributed by atoms with E-state index in [0.717, 1.165) is 0 Å². The first-order chi connectivity index (χ1) is 12.9. The minimum absolute atomic E-state index is 1.77. The highest BCUT2D eigenvalue weighted by atomic mass is 80.0. The minimum Gasteiger partial charge on any atom is -0.224 e. The first kappa shape index (κ1) is 38.1. The Morgan fingerprint density at radius 3 is 0.581 bits per heavy atom. The molecule has 0 atom stereocenters. The molecule has 24 heteroatoms. The highest BCUT2D eigenvalue weighted by Gasteiger charge is 2.73. The maximum absolute atomic E-state index is 13.7. The smallest absolute Gasteiger partial charge is 0.224 e. The molecule has 0 amide bonds. The zero-order valence-electron chi connectivity index (χ0n) is 12.9. The Kier molecular flexibility index (Phi) is 14.4. The number of halogens is 15. The van der Waals surface area contributed by atoms with E-state index in [1.54, 1.807) is 0 Å². The summed E-state index contributed by atoms with van der Waals surface area (Å²) in [5.74, 6) is 0. The van der Waals surface area contributed by atoms with Gasteiger partial charge in [0, 0.05) is 0 Å². The van der Waals surface area contributed by atoms with Crippen molar-refractivity contribution in [2.75, 3.05) is 0 Å². The van der Waals surface area contributed by atoms with Crippen LogP contribution < -0.4 is 0 Å². The van der Waals surface area contributed by atoms with E-state index in [-0.39, 0.29) is 0 Å². The number of hydrogen-bond donors (Lipinski definition) is 0. The zero-order chi connectivity index (χ0) is 26.1. The van der Waals surface area contributed by atoms with Crippen LogP contribution in [0.5, 0.6) is 0 Å². The van der Waals surface area contributed by atoms with Gasteiger partial charge in [-0.3, -0.25) is 0 Å². The summed E-state index contributed by atoms with van der Waals surface area (Å²) in [6.45, 7) is 0. The molecule has 0 heterocycles. The third-order valence-corrected chi connectivity index (χ3v) is 40.9. The Morgan fingerprint density at radius 1 is 0.355 bits per heavy atom. The fourth-order valence-electron chi connectivity index (χ4n) is 1.35. The molecule has 0 aromatic rings. The van der Waals surface area contributed by atoms with Gasteiger partial charge in [-0.05, 0) is 0 Å². The predicted molar refractivity (Wildman–Crippen MR) is 181 cm³/mol. The van der Waals surface area contributed by atoms with Crippen LogP contribution in [0.15, 0.2) is 0 Å². The molecule has 0 spiro atoms. The Labute approximate surface area is 305 Å². The summed E-state index contributed by atoms with van der Waals surface area (Å²) in [7, 11) is -15.9. The lowest BCUT2D eigenvalue weighted by atomic mass is 10.9. The molecule has 0 aliphatic heterocycles. The van der Waals surface area contributed by atoms with Crippen molar-refractivity contribution in [1.29, 1.82) is 0 Å². The number of sulfone groups is 3. The first-order valence-corrected chi connectivity index (χ1v) is 22.4. The van der Waals surface area contributed by atoms with Crippen LogP contribution in [-0.4, -0.2) is 43.3 Å². The maximum atomic E-state index is 13.7. The average molecular weight is 1480 g/mol. The minimum atomic E-state index is -5.29. The molecule has 0 aromatic carbocycles. The van der Waals surface area contributed by atoms with Crippen LogP contribution in [0.1, 0.15) is 0 Å². The van der Waals surface area contributed by atoms with E-state index in [1.165, 1.54) is 0 Å². The van der Waals surface area contributed by atoms with Crippen LogP contribution in [-0.2, 0) is 29.5 Å². The van der Waals surface area contributed by atoms with Crippen molar-refractivity contribution in [2.45, 2.75) is 18.0 Å². The van der Waals surface area contributed by atoms with Crippen molar-refractivity contribution >= 4 is 268 Å². The van der Waals surface area contributed by atoms with Crippen LogP contribution in [0.3, 0.4) is 0 Å². The van der Waals surface area contributed by atoms with E-state index >= 15 is 0 Å². The quantitative estimate of drug-likeness (QED) is 0.246. The Hall–Kier alpha value is 7.05. The fourth-order valence-corrected chi connectivity index (χ4v) is 23.6. The highest BCUT2D eigenvalue weighted by Crippen LogP contribution is 2.64. The van der Waals surface area contributed by atoms with Gasteiger partial charge in [-0.1, -0.05) is 239 Å². The maximum Gasteiger partial charge on any atom is 0.269 e. The Balaban J connectivity index is 7.83. The predicted octanol–water partition coefficient (Wildman–Crippen LogP) is 9.36. The molecule has 0 fully saturated rings. The summed E-state index contributed by atoms with van der Waals surface area (Å²) >= 11 is 44.1. The molecule has 0 aromatic heterocycles. The van der Waals surface area contributed by atoms with Crippen LogP contribution in [0.4, 0.5) is 0 Å². The first-order valence-electron chi connectivity index (χ1n) is 5.90. The molecule has 0 radical (unpaired) electrons. The van der Waals surface area contributed by atoms with Gasteiger partial charge in [0.2, 0.25) is 37.2 Å². The van der Waals surface area contributed by atoms with Gasteiger partial charge in [0.15, 0.2) is 6.43 Å². The number of alkyl halides is 15. The van der Waals surface area contributed by atoms with Gasteiger partial charge in [-0.15, -0.1) is 0 Å².